The van der Waals surface area contributed by atoms with Gasteiger partial charge in [0.05, 0.1) is 22.0 Å². The second-order valence-electron chi connectivity index (χ2n) is 7.52. The quantitative estimate of drug-likeness (QED) is 0.666. The number of benzene rings is 1. The fraction of sp³-hybridized carbons (Fsp3) is 0.273. The molecule has 5 nitrogen and oxygen atoms in total. The van der Waals surface area contributed by atoms with Gasteiger partial charge in [-0.3, -0.25) is 4.79 Å². The van der Waals surface area contributed by atoms with Gasteiger partial charge in [0, 0.05) is 11.3 Å². The molecule has 0 spiro atoms. The maximum Gasteiger partial charge on any atom is 0.259 e. The lowest BCUT2D eigenvalue weighted by Crippen LogP contribution is -2.24. The number of rotatable bonds is 4. The van der Waals surface area contributed by atoms with E-state index in [1.807, 2.05) is 13.0 Å². The van der Waals surface area contributed by atoms with Crippen LogP contribution in [0.5, 0.6) is 5.75 Å². The van der Waals surface area contributed by atoms with Gasteiger partial charge in [-0.25, -0.2) is 9.37 Å². The lowest BCUT2D eigenvalue weighted by Gasteiger charge is -2.19. The Kier molecular flexibility index (Phi) is 5.78. The molecule has 1 amide bonds. The van der Waals surface area contributed by atoms with Crippen LogP contribution >= 0.6 is 11.6 Å². The molecule has 0 unspecified atom stereocenters. The maximum absolute atomic E-state index is 14.8. The number of nitrogens with zero attached hydrogens (tertiary/aromatic N) is 1. The summed E-state index contributed by atoms with van der Waals surface area (Å²) in [5, 5.41) is 23.5. The largest absolute Gasteiger partial charge is 0.507 e. The first-order valence-electron chi connectivity index (χ1n) is 9.18. The fourth-order valence-electron chi connectivity index (χ4n) is 3.08. The normalized spacial score (nSPS) is 14.3. The van der Waals surface area contributed by atoms with E-state index in [4.69, 9.17) is 11.6 Å². The zero-order valence-corrected chi connectivity index (χ0v) is 17.1. The van der Waals surface area contributed by atoms with Crippen LogP contribution in [0.2, 0.25) is 5.02 Å². The Morgan fingerprint density at radius 3 is 2.69 bits per heavy atom. The van der Waals surface area contributed by atoms with Crippen molar-refractivity contribution in [1.82, 2.24) is 10.3 Å². The summed E-state index contributed by atoms with van der Waals surface area (Å²) in [5.41, 5.74) is 0.520. The van der Waals surface area contributed by atoms with E-state index in [1.165, 1.54) is 26.0 Å². The molecule has 0 atom stereocenters. The van der Waals surface area contributed by atoms with Crippen LogP contribution in [-0.2, 0) is 5.60 Å². The third-order valence-corrected chi connectivity index (χ3v) is 5.01. The monoisotopic (exact) mass is 416 g/mol. The van der Waals surface area contributed by atoms with Crippen molar-refractivity contribution in [3.63, 3.8) is 0 Å². The maximum atomic E-state index is 14.8. The van der Waals surface area contributed by atoms with Crippen LogP contribution in [0.25, 0.3) is 11.3 Å². The second-order valence-corrected chi connectivity index (χ2v) is 7.93. The molecular formula is C22H22ClFN2O3. The zero-order chi connectivity index (χ0) is 21.3. The summed E-state index contributed by atoms with van der Waals surface area (Å²) < 4.78 is 14.8. The number of aliphatic hydroxyl groups is 1. The van der Waals surface area contributed by atoms with Gasteiger partial charge in [0.2, 0.25) is 0 Å². The molecule has 1 aliphatic rings. The molecule has 2 aromatic rings. The van der Waals surface area contributed by atoms with E-state index in [0.717, 1.165) is 30.5 Å². The molecule has 29 heavy (non-hydrogen) atoms. The molecule has 0 aliphatic heterocycles. The smallest absolute Gasteiger partial charge is 0.259 e. The number of pyridine rings is 1. The summed E-state index contributed by atoms with van der Waals surface area (Å²) in [4.78, 5) is 16.8. The van der Waals surface area contributed by atoms with E-state index < -0.39 is 17.3 Å². The first kappa shape index (κ1) is 21.0. The number of carbonyl (C=O) groups excluding carboxylic acids is 1. The molecule has 3 rings (SSSR count). The Bertz CT molecular complexity index is 1040. The molecule has 0 saturated heterocycles. The van der Waals surface area contributed by atoms with E-state index in [9.17, 15) is 19.4 Å². The molecule has 152 valence electrons. The van der Waals surface area contributed by atoms with Gasteiger partial charge in [-0.05, 0) is 69.5 Å². The van der Waals surface area contributed by atoms with E-state index in [2.05, 4.69) is 10.3 Å². The summed E-state index contributed by atoms with van der Waals surface area (Å²) in [6.07, 6.45) is 5.48. The molecule has 7 heteroatoms. The molecule has 3 N–H and O–H groups in total. The van der Waals surface area contributed by atoms with Crippen molar-refractivity contribution in [2.45, 2.75) is 39.2 Å². The van der Waals surface area contributed by atoms with Gasteiger partial charge in [0.25, 0.3) is 5.91 Å². The predicted molar refractivity (Wildman–Crippen MR) is 110 cm³/mol. The highest BCUT2D eigenvalue weighted by Crippen LogP contribution is 2.33. The minimum Gasteiger partial charge on any atom is -0.507 e. The van der Waals surface area contributed by atoms with Crippen molar-refractivity contribution in [3.05, 3.63) is 69.8 Å². The van der Waals surface area contributed by atoms with Crippen molar-refractivity contribution < 1.29 is 19.4 Å². The van der Waals surface area contributed by atoms with Crippen LogP contribution < -0.4 is 5.32 Å². The number of carbonyl (C=O) groups is 1. The number of phenolic OH excluding ortho intramolecular Hbond substituents is 1. The van der Waals surface area contributed by atoms with E-state index in [-0.39, 0.29) is 33.3 Å². The number of halogens is 2. The Morgan fingerprint density at radius 1 is 1.31 bits per heavy atom. The molecule has 1 aromatic carbocycles. The Morgan fingerprint density at radius 2 is 2.03 bits per heavy atom. The van der Waals surface area contributed by atoms with Crippen molar-refractivity contribution in [2.75, 3.05) is 0 Å². The minimum atomic E-state index is -1.33. The van der Waals surface area contributed by atoms with Gasteiger partial charge in [0.15, 0.2) is 0 Å². The standard InChI is InChI=1S/C22H22ClFN2O3/c1-12-6-4-5-7-17(12)26-21(28)14-10-16(24)13(11-19(14)27)18-9-8-15(23)20(25-18)22(2,3)29/h5,7-11,27,29H,4,6H2,1-3H3,(H,26,28). The van der Waals surface area contributed by atoms with Crippen molar-refractivity contribution in [3.8, 4) is 17.0 Å². The number of aromatic nitrogens is 1. The molecule has 1 aromatic heterocycles. The number of allylic oxidation sites excluding steroid dienone is 3. The molecule has 0 saturated carbocycles. The highest BCUT2D eigenvalue weighted by atomic mass is 35.5. The molecule has 0 bridgehead atoms. The van der Waals surface area contributed by atoms with Gasteiger partial charge in [-0.2, -0.15) is 0 Å². The molecule has 1 heterocycles. The number of nitrogens with one attached hydrogen (secondary N) is 1. The van der Waals surface area contributed by atoms with Gasteiger partial charge >= 0.3 is 0 Å². The topological polar surface area (TPSA) is 82.5 Å². The van der Waals surface area contributed by atoms with E-state index >= 15 is 0 Å². The van der Waals surface area contributed by atoms with Gasteiger partial charge in [-0.15, -0.1) is 0 Å². The van der Waals surface area contributed by atoms with Gasteiger partial charge in [-0.1, -0.05) is 17.7 Å². The highest BCUT2D eigenvalue weighted by Gasteiger charge is 2.24. The SMILES string of the molecule is CC1=C(NC(=O)c2cc(F)c(-c3ccc(Cl)c(C(C)(C)O)n3)cc2O)C=CCC1. The summed E-state index contributed by atoms with van der Waals surface area (Å²) in [5.74, 6) is -1.71. The fourth-order valence-corrected chi connectivity index (χ4v) is 3.41. The van der Waals surface area contributed by atoms with E-state index in [0.29, 0.717) is 5.70 Å². The van der Waals surface area contributed by atoms with Crippen LogP contribution in [-0.4, -0.2) is 21.1 Å². The van der Waals surface area contributed by atoms with Crippen LogP contribution in [0.15, 0.2) is 47.7 Å². The Balaban J connectivity index is 1.96. The van der Waals surface area contributed by atoms with Gasteiger partial charge in [0.1, 0.15) is 17.2 Å². The summed E-state index contributed by atoms with van der Waals surface area (Å²) in [7, 11) is 0. The van der Waals surface area contributed by atoms with Crippen molar-refractivity contribution >= 4 is 17.5 Å². The van der Waals surface area contributed by atoms with Crippen molar-refractivity contribution in [2.24, 2.45) is 0 Å². The summed E-state index contributed by atoms with van der Waals surface area (Å²) in [6.45, 7) is 4.94. The summed E-state index contributed by atoms with van der Waals surface area (Å²) in [6, 6.07) is 5.10. The first-order valence-corrected chi connectivity index (χ1v) is 9.55. The van der Waals surface area contributed by atoms with E-state index in [1.54, 1.807) is 6.08 Å². The number of phenols is 1. The number of hydrogen-bond donors (Lipinski definition) is 3. The zero-order valence-electron chi connectivity index (χ0n) is 16.4. The van der Waals surface area contributed by atoms with Crippen LogP contribution in [0.4, 0.5) is 4.39 Å². The third kappa shape index (κ3) is 4.49. The number of amides is 1. The predicted octanol–water partition coefficient (Wildman–Crippen LogP) is 4.83. The average molecular weight is 417 g/mol. The third-order valence-electron chi connectivity index (χ3n) is 4.71. The van der Waals surface area contributed by atoms with Crippen LogP contribution in [0, 0.1) is 5.82 Å². The molecule has 0 radical (unpaired) electrons. The lowest BCUT2D eigenvalue weighted by atomic mass is 10.0. The Labute approximate surface area is 173 Å². The van der Waals surface area contributed by atoms with Crippen LogP contribution in [0.3, 0.4) is 0 Å². The minimum absolute atomic E-state index is 0.00539. The number of hydrogen-bond acceptors (Lipinski definition) is 4. The molecule has 1 aliphatic carbocycles. The Hall–Kier alpha value is -2.70. The summed E-state index contributed by atoms with van der Waals surface area (Å²) >= 11 is 6.08. The number of aromatic hydroxyl groups is 1. The highest BCUT2D eigenvalue weighted by molar-refractivity contribution is 6.31. The van der Waals surface area contributed by atoms with Crippen molar-refractivity contribution in [1.29, 1.82) is 0 Å². The molecular weight excluding hydrogens is 395 g/mol. The first-order chi connectivity index (χ1) is 13.6. The average Bonchev–Trinajstić information content (AvgIpc) is 2.64. The van der Waals surface area contributed by atoms with Crippen LogP contribution in [0.1, 0.15) is 49.7 Å². The second kappa shape index (κ2) is 7.97. The lowest BCUT2D eigenvalue weighted by molar-refractivity contribution is 0.0741. The van der Waals surface area contributed by atoms with Gasteiger partial charge < -0.3 is 15.5 Å². The molecule has 0 fully saturated rings.